The van der Waals surface area contributed by atoms with Gasteiger partial charge in [-0.25, -0.2) is 0 Å². The topological polar surface area (TPSA) is 0 Å². The number of hydrogen-bond donors (Lipinski definition) is 0. The molecule has 3 saturated carbocycles. The fraction of sp³-hybridized carbons (Fsp3) is 0.529. The summed E-state index contributed by atoms with van der Waals surface area (Å²) in [7, 11) is 0. The van der Waals surface area contributed by atoms with Crippen molar-refractivity contribution in [3.63, 3.8) is 0 Å². The molecule has 1 unspecified atom stereocenters. The van der Waals surface area contributed by atoms with Gasteiger partial charge in [0.05, 0.1) is 0 Å². The van der Waals surface area contributed by atoms with Gasteiger partial charge in [0, 0.05) is 5.92 Å². The molecule has 1 aromatic rings. The zero-order chi connectivity index (χ0) is 11.3. The van der Waals surface area contributed by atoms with Gasteiger partial charge in [0.2, 0.25) is 0 Å². The molecule has 1 aromatic carbocycles. The van der Waals surface area contributed by atoms with E-state index in [0.29, 0.717) is 5.41 Å². The van der Waals surface area contributed by atoms with Crippen LogP contribution in [0, 0.1) is 11.3 Å². The smallest absolute Gasteiger partial charge is 0.00837 e. The molecule has 0 aliphatic heterocycles. The Morgan fingerprint density at radius 2 is 1.65 bits per heavy atom. The Morgan fingerprint density at radius 3 is 2.41 bits per heavy atom. The standard InChI is InChI=1S/C17H20/c1-2-4-15-14(3-1)5-6-16(15)17-10-7-13(8-11-17)9-12-17/h1-6,13,16H,7-12H2. The minimum atomic E-state index is 0.623. The van der Waals surface area contributed by atoms with E-state index in [4.69, 9.17) is 0 Å². The second kappa shape index (κ2) is 3.48. The Morgan fingerprint density at radius 1 is 0.941 bits per heavy atom. The van der Waals surface area contributed by atoms with Crippen molar-refractivity contribution in [3.05, 3.63) is 41.5 Å². The molecule has 0 heteroatoms. The first-order valence-electron chi connectivity index (χ1n) is 7.15. The molecule has 88 valence electrons. The molecule has 0 aromatic heterocycles. The second-order valence-electron chi connectivity index (χ2n) is 6.31. The number of fused-ring (bicyclic) bond motifs is 4. The van der Waals surface area contributed by atoms with Crippen LogP contribution in [-0.2, 0) is 0 Å². The van der Waals surface area contributed by atoms with Crippen LogP contribution in [0.3, 0.4) is 0 Å². The zero-order valence-corrected chi connectivity index (χ0v) is 10.4. The molecule has 4 aliphatic rings. The number of hydrogen-bond acceptors (Lipinski definition) is 0. The molecule has 0 nitrogen and oxygen atoms in total. The molecular weight excluding hydrogens is 204 g/mol. The first-order valence-corrected chi connectivity index (χ1v) is 7.15. The summed E-state index contributed by atoms with van der Waals surface area (Å²) in [5.41, 5.74) is 3.70. The van der Waals surface area contributed by atoms with Crippen LogP contribution < -0.4 is 0 Å². The predicted octanol–water partition coefficient (Wildman–Crippen LogP) is 4.77. The van der Waals surface area contributed by atoms with Crippen molar-refractivity contribution < 1.29 is 0 Å². The Balaban J connectivity index is 1.74. The van der Waals surface area contributed by atoms with E-state index in [0.717, 1.165) is 11.8 Å². The maximum atomic E-state index is 2.50. The fourth-order valence-electron chi connectivity index (χ4n) is 4.53. The molecule has 0 saturated heterocycles. The Labute approximate surface area is 104 Å². The average Bonchev–Trinajstić information content (AvgIpc) is 2.85. The molecule has 2 bridgehead atoms. The second-order valence-corrected chi connectivity index (χ2v) is 6.31. The summed E-state index contributed by atoms with van der Waals surface area (Å²) in [6.07, 6.45) is 13.8. The van der Waals surface area contributed by atoms with Gasteiger partial charge >= 0.3 is 0 Å². The highest BCUT2D eigenvalue weighted by atomic mass is 14.5. The minimum absolute atomic E-state index is 0.623. The van der Waals surface area contributed by atoms with Gasteiger partial charge in [0.1, 0.15) is 0 Å². The third kappa shape index (κ3) is 1.36. The summed E-state index contributed by atoms with van der Waals surface area (Å²) in [6, 6.07) is 9.01. The van der Waals surface area contributed by atoms with Crippen LogP contribution in [0.25, 0.3) is 6.08 Å². The van der Waals surface area contributed by atoms with Crippen molar-refractivity contribution in [1.82, 2.24) is 0 Å². The Hall–Kier alpha value is -1.04. The predicted molar refractivity (Wildman–Crippen MR) is 71.8 cm³/mol. The van der Waals surface area contributed by atoms with E-state index < -0.39 is 0 Å². The zero-order valence-electron chi connectivity index (χ0n) is 10.4. The maximum absolute atomic E-state index is 2.50. The van der Waals surface area contributed by atoms with Gasteiger partial charge in [-0.3, -0.25) is 0 Å². The molecule has 4 aliphatic carbocycles. The van der Waals surface area contributed by atoms with Gasteiger partial charge in [0.15, 0.2) is 0 Å². The lowest BCUT2D eigenvalue weighted by Crippen LogP contribution is -2.37. The SMILES string of the molecule is C1=CC(C23CCC(CC2)CC3)c2ccccc21. The van der Waals surface area contributed by atoms with Gasteiger partial charge < -0.3 is 0 Å². The lowest BCUT2D eigenvalue weighted by Gasteiger charge is -2.50. The molecule has 1 atom stereocenters. The van der Waals surface area contributed by atoms with E-state index in [1.165, 1.54) is 44.1 Å². The molecule has 0 spiro atoms. The van der Waals surface area contributed by atoms with E-state index in [9.17, 15) is 0 Å². The van der Waals surface area contributed by atoms with Crippen molar-refractivity contribution in [2.24, 2.45) is 11.3 Å². The van der Waals surface area contributed by atoms with E-state index in [1.54, 1.807) is 5.56 Å². The summed E-state index contributed by atoms with van der Waals surface area (Å²) in [5.74, 6) is 1.79. The molecule has 5 rings (SSSR count). The largest absolute Gasteiger partial charge is 0.0758 e. The van der Waals surface area contributed by atoms with Gasteiger partial charge in [-0.1, -0.05) is 36.4 Å². The molecule has 3 fully saturated rings. The summed E-state index contributed by atoms with van der Waals surface area (Å²) in [6.45, 7) is 0. The van der Waals surface area contributed by atoms with Crippen LogP contribution >= 0.6 is 0 Å². The Bertz CT molecular complexity index is 447. The minimum Gasteiger partial charge on any atom is -0.0758 e. The molecule has 0 radical (unpaired) electrons. The molecule has 17 heavy (non-hydrogen) atoms. The van der Waals surface area contributed by atoms with Crippen molar-refractivity contribution in [3.8, 4) is 0 Å². The summed E-state index contributed by atoms with van der Waals surface area (Å²) in [4.78, 5) is 0. The third-order valence-electron chi connectivity index (χ3n) is 5.61. The average molecular weight is 224 g/mol. The number of rotatable bonds is 1. The monoisotopic (exact) mass is 224 g/mol. The molecule has 0 N–H and O–H groups in total. The summed E-state index contributed by atoms with van der Waals surface area (Å²) < 4.78 is 0. The fourth-order valence-corrected chi connectivity index (χ4v) is 4.53. The van der Waals surface area contributed by atoms with Crippen LogP contribution in [0.4, 0.5) is 0 Å². The number of allylic oxidation sites excluding steroid dienone is 1. The van der Waals surface area contributed by atoms with Gasteiger partial charge in [-0.2, -0.15) is 0 Å². The van der Waals surface area contributed by atoms with Crippen LogP contribution in [0.5, 0.6) is 0 Å². The highest BCUT2D eigenvalue weighted by Gasteiger charge is 2.46. The van der Waals surface area contributed by atoms with Gasteiger partial charge in [0.25, 0.3) is 0 Å². The lowest BCUT2D eigenvalue weighted by molar-refractivity contribution is 0.0521. The molecule has 0 heterocycles. The highest BCUT2D eigenvalue weighted by molar-refractivity contribution is 5.63. The van der Waals surface area contributed by atoms with Crippen molar-refractivity contribution >= 4 is 6.08 Å². The van der Waals surface area contributed by atoms with E-state index >= 15 is 0 Å². The number of benzene rings is 1. The van der Waals surface area contributed by atoms with Crippen molar-refractivity contribution in [2.45, 2.75) is 44.4 Å². The lowest BCUT2D eigenvalue weighted by atomic mass is 9.55. The van der Waals surface area contributed by atoms with Crippen LogP contribution in [0.2, 0.25) is 0 Å². The van der Waals surface area contributed by atoms with E-state index in [-0.39, 0.29) is 0 Å². The van der Waals surface area contributed by atoms with Crippen molar-refractivity contribution in [2.75, 3.05) is 0 Å². The van der Waals surface area contributed by atoms with Crippen molar-refractivity contribution in [1.29, 1.82) is 0 Å². The van der Waals surface area contributed by atoms with Gasteiger partial charge in [-0.15, -0.1) is 0 Å². The van der Waals surface area contributed by atoms with E-state index in [1.807, 2.05) is 0 Å². The maximum Gasteiger partial charge on any atom is 0.00837 e. The van der Waals surface area contributed by atoms with Crippen LogP contribution in [0.15, 0.2) is 30.3 Å². The first kappa shape index (κ1) is 9.94. The van der Waals surface area contributed by atoms with E-state index in [2.05, 4.69) is 36.4 Å². The first-order chi connectivity index (χ1) is 8.37. The van der Waals surface area contributed by atoms with Crippen LogP contribution in [-0.4, -0.2) is 0 Å². The normalized spacial score (nSPS) is 38.4. The summed E-state index contributed by atoms with van der Waals surface area (Å²) >= 11 is 0. The quantitative estimate of drug-likeness (QED) is 0.644. The highest BCUT2D eigenvalue weighted by Crippen LogP contribution is 2.59. The van der Waals surface area contributed by atoms with Gasteiger partial charge in [-0.05, 0) is 61.0 Å². The van der Waals surface area contributed by atoms with Crippen LogP contribution in [0.1, 0.15) is 55.6 Å². The Kier molecular flexibility index (Phi) is 2.03. The summed E-state index contributed by atoms with van der Waals surface area (Å²) in [5, 5.41) is 0. The molecule has 0 amide bonds. The molecular formula is C17H20. The third-order valence-corrected chi connectivity index (χ3v) is 5.61.